The van der Waals surface area contributed by atoms with Crippen molar-refractivity contribution in [2.75, 3.05) is 13.2 Å². The van der Waals surface area contributed by atoms with Gasteiger partial charge in [0.2, 0.25) is 0 Å². The van der Waals surface area contributed by atoms with E-state index in [4.69, 9.17) is 4.74 Å². The second-order valence-electron chi connectivity index (χ2n) is 5.84. The molecule has 2 aromatic rings. The zero-order valence-electron chi connectivity index (χ0n) is 13.4. The van der Waals surface area contributed by atoms with E-state index in [2.05, 4.69) is 9.69 Å². The average molecular weight is 349 g/mol. The number of amides is 2. The molecule has 1 N–H and O–H groups in total. The van der Waals surface area contributed by atoms with Gasteiger partial charge in [-0.2, -0.15) is 0 Å². The number of aromatic nitrogens is 1. The van der Waals surface area contributed by atoms with Gasteiger partial charge in [0.25, 0.3) is 0 Å². The summed E-state index contributed by atoms with van der Waals surface area (Å²) in [6.45, 7) is 3.08. The van der Waals surface area contributed by atoms with Crippen LogP contribution in [-0.4, -0.2) is 34.5 Å². The average Bonchev–Trinajstić information content (AvgIpc) is 3.26. The number of likely N-dealkylation sites (tertiary alicyclic amines) is 1. The molecular formula is C17H20FN3O2S. The summed E-state index contributed by atoms with van der Waals surface area (Å²) in [5.74, 6) is 0.322. The smallest absolute Gasteiger partial charge is 0.318 e. The number of urea groups is 1. The Kier molecular flexibility index (Phi) is 5.30. The zero-order chi connectivity index (χ0) is 16.9. The summed E-state index contributed by atoms with van der Waals surface area (Å²) in [5.41, 5.74) is 0. The Labute approximate surface area is 144 Å². The highest BCUT2D eigenvalue weighted by Crippen LogP contribution is 2.21. The molecule has 1 aromatic carbocycles. The minimum absolute atomic E-state index is 0.0312. The van der Waals surface area contributed by atoms with Gasteiger partial charge in [-0.05, 0) is 61.6 Å². The number of hydrogen-bond donors (Lipinski definition) is 1. The SMILES string of the molecule is CC(NC(=O)N1CCC[C@H]1COc1ccc(F)cc1)c1ccns1. The maximum atomic E-state index is 12.9. The number of hydrogen-bond acceptors (Lipinski definition) is 4. The minimum atomic E-state index is -0.290. The van der Waals surface area contributed by atoms with Crippen molar-refractivity contribution >= 4 is 17.6 Å². The lowest BCUT2D eigenvalue weighted by Crippen LogP contribution is -2.45. The molecular weight excluding hydrogens is 329 g/mol. The van der Waals surface area contributed by atoms with Crippen LogP contribution in [0.15, 0.2) is 36.5 Å². The highest BCUT2D eigenvalue weighted by molar-refractivity contribution is 7.05. The lowest BCUT2D eigenvalue weighted by Gasteiger charge is -2.26. The van der Waals surface area contributed by atoms with Crippen LogP contribution in [-0.2, 0) is 0 Å². The van der Waals surface area contributed by atoms with E-state index in [-0.39, 0.29) is 23.9 Å². The molecule has 24 heavy (non-hydrogen) atoms. The summed E-state index contributed by atoms with van der Waals surface area (Å²) in [7, 11) is 0. The third-order valence-electron chi connectivity index (χ3n) is 4.12. The van der Waals surface area contributed by atoms with Gasteiger partial charge in [0.05, 0.1) is 12.1 Å². The van der Waals surface area contributed by atoms with Crippen molar-refractivity contribution in [1.82, 2.24) is 14.6 Å². The molecule has 1 fully saturated rings. The third kappa shape index (κ3) is 4.03. The van der Waals surface area contributed by atoms with Gasteiger partial charge >= 0.3 is 6.03 Å². The van der Waals surface area contributed by atoms with E-state index in [1.54, 1.807) is 18.3 Å². The Morgan fingerprint density at radius 1 is 1.46 bits per heavy atom. The van der Waals surface area contributed by atoms with Gasteiger partial charge in [-0.3, -0.25) is 0 Å². The Balaban J connectivity index is 1.54. The molecule has 0 aliphatic carbocycles. The molecule has 0 saturated carbocycles. The van der Waals surface area contributed by atoms with E-state index in [9.17, 15) is 9.18 Å². The third-order valence-corrected chi connectivity index (χ3v) is 5.05. The molecule has 2 amide bonds. The molecule has 2 atom stereocenters. The molecule has 0 spiro atoms. The van der Waals surface area contributed by atoms with Gasteiger partial charge in [-0.25, -0.2) is 13.6 Å². The van der Waals surface area contributed by atoms with Gasteiger partial charge in [0.1, 0.15) is 18.2 Å². The maximum absolute atomic E-state index is 12.9. The Morgan fingerprint density at radius 3 is 2.96 bits per heavy atom. The van der Waals surface area contributed by atoms with Crippen LogP contribution in [0.1, 0.15) is 30.7 Å². The van der Waals surface area contributed by atoms with Crippen LogP contribution < -0.4 is 10.1 Å². The first-order valence-corrected chi connectivity index (χ1v) is 8.77. The molecule has 7 heteroatoms. The van der Waals surface area contributed by atoms with Crippen LogP contribution in [0.3, 0.4) is 0 Å². The van der Waals surface area contributed by atoms with Crippen molar-refractivity contribution in [2.45, 2.75) is 31.8 Å². The highest BCUT2D eigenvalue weighted by Gasteiger charge is 2.30. The molecule has 0 radical (unpaired) electrons. The molecule has 1 aliphatic heterocycles. The number of nitrogens with zero attached hydrogens (tertiary/aromatic N) is 2. The first kappa shape index (κ1) is 16.7. The van der Waals surface area contributed by atoms with Gasteiger partial charge in [0.15, 0.2) is 0 Å². The fourth-order valence-corrected chi connectivity index (χ4v) is 3.37. The van der Waals surface area contributed by atoms with Crippen molar-refractivity contribution < 1.29 is 13.9 Å². The van der Waals surface area contributed by atoms with Crippen LogP contribution in [0.5, 0.6) is 5.75 Å². The molecule has 1 aromatic heterocycles. The highest BCUT2D eigenvalue weighted by atomic mass is 32.1. The molecule has 3 rings (SSSR count). The summed E-state index contributed by atoms with van der Waals surface area (Å²) < 4.78 is 22.7. The van der Waals surface area contributed by atoms with Crippen molar-refractivity contribution in [3.05, 3.63) is 47.2 Å². The van der Waals surface area contributed by atoms with E-state index in [0.29, 0.717) is 12.4 Å². The van der Waals surface area contributed by atoms with E-state index in [1.807, 2.05) is 17.9 Å². The fourth-order valence-electron chi connectivity index (χ4n) is 2.79. The van der Waals surface area contributed by atoms with E-state index in [1.165, 1.54) is 23.7 Å². The topological polar surface area (TPSA) is 54.5 Å². The second kappa shape index (κ2) is 7.61. The van der Waals surface area contributed by atoms with Crippen LogP contribution in [0.4, 0.5) is 9.18 Å². The summed E-state index contributed by atoms with van der Waals surface area (Å²) in [4.78, 5) is 15.4. The van der Waals surface area contributed by atoms with Gasteiger partial charge < -0.3 is 15.0 Å². The predicted octanol–water partition coefficient (Wildman–Crippen LogP) is 3.60. The van der Waals surface area contributed by atoms with E-state index < -0.39 is 0 Å². The largest absolute Gasteiger partial charge is 0.491 e. The number of halogens is 1. The van der Waals surface area contributed by atoms with Gasteiger partial charge in [0, 0.05) is 17.6 Å². The maximum Gasteiger partial charge on any atom is 0.318 e. The monoisotopic (exact) mass is 349 g/mol. The van der Waals surface area contributed by atoms with Crippen LogP contribution in [0, 0.1) is 5.82 Å². The summed E-state index contributed by atoms with van der Waals surface area (Å²) >= 11 is 1.39. The molecule has 1 saturated heterocycles. The van der Waals surface area contributed by atoms with Crippen molar-refractivity contribution in [3.63, 3.8) is 0 Å². The number of nitrogens with one attached hydrogen (secondary N) is 1. The molecule has 1 aliphatic rings. The van der Waals surface area contributed by atoms with Crippen LogP contribution in [0.25, 0.3) is 0 Å². The Morgan fingerprint density at radius 2 is 2.25 bits per heavy atom. The van der Waals surface area contributed by atoms with Crippen molar-refractivity contribution in [1.29, 1.82) is 0 Å². The normalized spacial score (nSPS) is 18.4. The summed E-state index contributed by atoms with van der Waals surface area (Å²) in [6, 6.07) is 7.72. The van der Waals surface area contributed by atoms with Crippen molar-refractivity contribution in [3.8, 4) is 5.75 Å². The second-order valence-corrected chi connectivity index (χ2v) is 6.71. The Hall–Kier alpha value is -2.15. The first-order valence-electron chi connectivity index (χ1n) is 7.99. The van der Waals surface area contributed by atoms with Crippen LogP contribution >= 0.6 is 11.5 Å². The quantitative estimate of drug-likeness (QED) is 0.897. The lowest BCUT2D eigenvalue weighted by molar-refractivity contribution is 0.163. The minimum Gasteiger partial charge on any atom is -0.491 e. The zero-order valence-corrected chi connectivity index (χ0v) is 14.3. The number of benzene rings is 1. The molecule has 128 valence electrons. The number of rotatable bonds is 5. The predicted molar refractivity (Wildman–Crippen MR) is 90.7 cm³/mol. The fraction of sp³-hybridized carbons (Fsp3) is 0.412. The van der Waals surface area contributed by atoms with Crippen molar-refractivity contribution in [2.24, 2.45) is 0 Å². The Bertz CT molecular complexity index is 663. The molecule has 0 bridgehead atoms. The van der Waals surface area contributed by atoms with E-state index in [0.717, 1.165) is 24.3 Å². The molecule has 2 heterocycles. The summed E-state index contributed by atoms with van der Waals surface area (Å²) in [5, 5.41) is 3.01. The lowest BCUT2D eigenvalue weighted by atomic mass is 10.2. The standard InChI is InChI=1S/C17H20FN3O2S/c1-12(16-8-9-19-24-16)20-17(22)21-10-2-3-14(21)11-23-15-6-4-13(18)5-7-15/h4-9,12,14H,2-3,10-11H2,1H3,(H,20,22)/t12?,14-/m0/s1. The van der Waals surface area contributed by atoms with Gasteiger partial charge in [-0.15, -0.1) is 0 Å². The number of carbonyl (C=O) groups is 1. The molecule has 5 nitrogen and oxygen atoms in total. The molecule has 1 unspecified atom stereocenters. The number of carbonyl (C=O) groups excluding carboxylic acids is 1. The first-order chi connectivity index (χ1) is 11.6. The summed E-state index contributed by atoms with van der Waals surface area (Å²) in [6.07, 6.45) is 3.60. The van der Waals surface area contributed by atoms with E-state index >= 15 is 0 Å². The van der Waals surface area contributed by atoms with Crippen LogP contribution in [0.2, 0.25) is 0 Å². The number of ether oxygens (including phenoxy) is 1. The van der Waals surface area contributed by atoms with Gasteiger partial charge in [-0.1, -0.05) is 0 Å².